The van der Waals surface area contributed by atoms with E-state index >= 15 is 0 Å². The van der Waals surface area contributed by atoms with Crippen molar-refractivity contribution in [3.05, 3.63) is 58.0 Å². The van der Waals surface area contributed by atoms with E-state index in [2.05, 4.69) is 28.7 Å². The molecule has 0 amide bonds. The lowest BCUT2D eigenvalue weighted by molar-refractivity contribution is 0.0735. The summed E-state index contributed by atoms with van der Waals surface area (Å²) >= 11 is 6.40. The Labute approximate surface area is 182 Å². The Hall–Kier alpha value is -2.37. The summed E-state index contributed by atoms with van der Waals surface area (Å²) in [5.41, 5.74) is 7.53. The number of hydrogen-bond donors (Lipinski definition) is 0. The number of aromatic nitrogens is 3. The molecule has 156 valence electrons. The van der Waals surface area contributed by atoms with Crippen molar-refractivity contribution in [3.8, 4) is 22.7 Å². The van der Waals surface area contributed by atoms with E-state index in [1.54, 1.807) is 0 Å². The zero-order valence-electron chi connectivity index (χ0n) is 17.6. The summed E-state index contributed by atoms with van der Waals surface area (Å²) in [6.45, 7) is 6.87. The third-order valence-corrected chi connectivity index (χ3v) is 5.97. The number of hydrogen-bond acceptors (Lipinski definition) is 4. The zero-order valence-corrected chi connectivity index (χ0v) is 18.4. The number of ether oxygens (including phenoxy) is 2. The second-order valence-corrected chi connectivity index (χ2v) is 8.80. The van der Waals surface area contributed by atoms with Crippen molar-refractivity contribution >= 4 is 11.6 Å². The highest BCUT2D eigenvalue weighted by Crippen LogP contribution is 2.36. The minimum Gasteiger partial charge on any atom is -0.489 e. The lowest BCUT2D eigenvalue weighted by atomic mass is 10.0. The lowest BCUT2D eigenvalue weighted by Gasteiger charge is -2.13. The van der Waals surface area contributed by atoms with Crippen LogP contribution in [0.2, 0.25) is 5.02 Å². The lowest BCUT2D eigenvalue weighted by Crippen LogP contribution is -2.13. The second-order valence-electron chi connectivity index (χ2n) is 8.39. The maximum atomic E-state index is 6.40. The molecule has 5 nitrogen and oxygen atoms in total. The fourth-order valence-electron chi connectivity index (χ4n) is 4.15. The molecule has 1 aliphatic carbocycles. The molecule has 1 atom stereocenters. The summed E-state index contributed by atoms with van der Waals surface area (Å²) in [7, 11) is 0. The molecular weight excluding hydrogens is 398 g/mol. The molecule has 0 spiro atoms. The Kier molecular flexibility index (Phi) is 5.03. The van der Waals surface area contributed by atoms with Crippen LogP contribution in [0, 0.1) is 13.8 Å². The van der Waals surface area contributed by atoms with Gasteiger partial charge in [0.25, 0.3) is 0 Å². The topological polar surface area (TPSA) is 49.2 Å². The fraction of sp³-hybridized carbons (Fsp3) is 0.417. The fourth-order valence-corrected chi connectivity index (χ4v) is 4.31. The van der Waals surface area contributed by atoms with Crippen molar-refractivity contribution in [1.82, 2.24) is 14.8 Å². The van der Waals surface area contributed by atoms with Crippen LogP contribution in [0.3, 0.4) is 0 Å². The monoisotopic (exact) mass is 423 g/mol. The first kappa shape index (κ1) is 19.6. The Morgan fingerprint density at radius 1 is 1.13 bits per heavy atom. The average molecular weight is 424 g/mol. The van der Waals surface area contributed by atoms with Gasteiger partial charge in [-0.2, -0.15) is 5.10 Å². The number of benzene rings is 1. The summed E-state index contributed by atoms with van der Waals surface area (Å²) in [5, 5.41) is 5.73. The average Bonchev–Trinajstić information content (AvgIpc) is 3.47. The molecule has 0 saturated heterocycles. The van der Waals surface area contributed by atoms with E-state index in [0.717, 1.165) is 59.8 Å². The number of halogens is 1. The first-order valence-corrected chi connectivity index (χ1v) is 11.0. The minimum atomic E-state index is 0.143. The number of nitrogens with zero attached hydrogens (tertiary/aromatic N) is 3. The molecule has 6 heteroatoms. The van der Waals surface area contributed by atoms with E-state index in [0.29, 0.717) is 17.7 Å². The highest BCUT2D eigenvalue weighted by molar-refractivity contribution is 6.32. The van der Waals surface area contributed by atoms with Gasteiger partial charge in [-0.1, -0.05) is 11.6 Å². The van der Waals surface area contributed by atoms with Gasteiger partial charge in [-0.05, 0) is 64.3 Å². The Bertz CT molecular complexity index is 1080. The smallest absolute Gasteiger partial charge is 0.140 e. The molecule has 3 heterocycles. The van der Waals surface area contributed by atoms with Gasteiger partial charge in [-0.15, -0.1) is 0 Å². The third-order valence-electron chi connectivity index (χ3n) is 5.66. The summed E-state index contributed by atoms with van der Waals surface area (Å²) in [4.78, 5) is 4.53. The number of pyridine rings is 1. The maximum absolute atomic E-state index is 6.40. The molecule has 1 aliphatic heterocycles. The first-order chi connectivity index (χ1) is 14.5. The van der Waals surface area contributed by atoms with Crippen LogP contribution in [0.15, 0.2) is 30.3 Å². The van der Waals surface area contributed by atoms with Gasteiger partial charge < -0.3 is 9.47 Å². The van der Waals surface area contributed by atoms with Crippen LogP contribution in [0.4, 0.5) is 0 Å². The molecule has 0 bridgehead atoms. The van der Waals surface area contributed by atoms with E-state index in [9.17, 15) is 0 Å². The Morgan fingerprint density at radius 2 is 1.90 bits per heavy atom. The summed E-state index contributed by atoms with van der Waals surface area (Å²) in [6, 6.07) is 10.1. The number of fused-ring (bicyclic) bond motifs is 1. The molecule has 1 saturated carbocycles. The van der Waals surface area contributed by atoms with Crippen LogP contribution in [0.5, 0.6) is 5.75 Å². The predicted molar refractivity (Wildman–Crippen MR) is 118 cm³/mol. The standard InChI is InChI=1S/C24H26ClN3O2/c1-14-10-17(11-15(2)26-14)24-20-8-9-29-16(3)12-22(20)28(27-24)18-4-7-21(25)23(13-18)30-19-5-6-19/h4,7,10-11,13,16,19H,5-6,8-9,12H2,1-3H3/t16-/m1/s1. The van der Waals surface area contributed by atoms with Crippen LogP contribution in [0.25, 0.3) is 16.9 Å². The van der Waals surface area contributed by atoms with Crippen molar-refractivity contribution in [2.45, 2.75) is 58.7 Å². The van der Waals surface area contributed by atoms with Crippen LogP contribution in [-0.4, -0.2) is 33.6 Å². The molecule has 0 radical (unpaired) electrons. The number of aryl methyl sites for hydroxylation is 2. The van der Waals surface area contributed by atoms with E-state index in [-0.39, 0.29) is 6.10 Å². The van der Waals surface area contributed by atoms with E-state index in [4.69, 9.17) is 26.2 Å². The molecule has 0 N–H and O–H groups in total. The summed E-state index contributed by atoms with van der Waals surface area (Å²) in [5.74, 6) is 0.732. The molecule has 2 aromatic heterocycles. The quantitative estimate of drug-likeness (QED) is 0.575. The highest BCUT2D eigenvalue weighted by atomic mass is 35.5. The van der Waals surface area contributed by atoms with Gasteiger partial charge in [-0.3, -0.25) is 4.98 Å². The molecule has 1 aromatic carbocycles. The number of rotatable bonds is 4. The van der Waals surface area contributed by atoms with Crippen LogP contribution >= 0.6 is 11.6 Å². The van der Waals surface area contributed by atoms with Gasteiger partial charge in [-0.25, -0.2) is 4.68 Å². The van der Waals surface area contributed by atoms with Crippen molar-refractivity contribution < 1.29 is 9.47 Å². The first-order valence-electron chi connectivity index (χ1n) is 10.6. The molecular formula is C24H26ClN3O2. The van der Waals surface area contributed by atoms with Gasteiger partial charge in [0.2, 0.25) is 0 Å². The molecule has 5 rings (SSSR count). The SMILES string of the molecule is Cc1cc(-c2nn(-c3ccc(Cl)c(OC4CC4)c3)c3c2CCO[C@H](C)C3)cc(C)n1. The zero-order chi connectivity index (χ0) is 20.8. The van der Waals surface area contributed by atoms with E-state index in [1.165, 1.54) is 11.3 Å². The minimum absolute atomic E-state index is 0.143. The van der Waals surface area contributed by atoms with Gasteiger partial charge >= 0.3 is 0 Å². The summed E-state index contributed by atoms with van der Waals surface area (Å²) in [6.07, 6.45) is 4.28. The molecule has 30 heavy (non-hydrogen) atoms. The van der Waals surface area contributed by atoms with Crippen LogP contribution < -0.4 is 4.74 Å². The Morgan fingerprint density at radius 3 is 2.63 bits per heavy atom. The molecule has 3 aromatic rings. The maximum Gasteiger partial charge on any atom is 0.140 e. The van der Waals surface area contributed by atoms with Gasteiger partial charge in [0.05, 0.1) is 40.9 Å². The highest BCUT2D eigenvalue weighted by Gasteiger charge is 2.27. The predicted octanol–water partition coefficient (Wildman–Crippen LogP) is 5.25. The normalized spacial score (nSPS) is 18.7. The third kappa shape index (κ3) is 3.84. The van der Waals surface area contributed by atoms with Crippen molar-refractivity contribution in [1.29, 1.82) is 0 Å². The summed E-state index contributed by atoms with van der Waals surface area (Å²) < 4.78 is 14.1. The second kappa shape index (κ2) is 7.71. The Balaban J connectivity index is 1.66. The van der Waals surface area contributed by atoms with Gasteiger partial charge in [0.1, 0.15) is 5.75 Å². The van der Waals surface area contributed by atoms with E-state index in [1.807, 2.05) is 32.0 Å². The van der Waals surface area contributed by atoms with Gasteiger partial charge in [0.15, 0.2) is 0 Å². The van der Waals surface area contributed by atoms with Crippen LogP contribution in [-0.2, 0) is 17.6 Å². The van der Waals surface area contributed by atoms with Crippen molar-refractivity contribution in [3.63, 3.8) is 0 Å². The molecule has 0 unspecified atom stereocenters. The van der Waals surface area contributed by atoms with Crippen LogP contribution in [0.1, 0.15) is 42.4 Å². The van der Waals surface area contributed by atoms with Gasteiger partial charge in [0, 0.05) is 35.0 Å². The molecule has 2 aliphatic rings. The largest absolute Gasteiger partial charge is 0.489 e. The van der Waals surface area contributed by atoms with E-state index < -0.39 is 0 Å². The van der Waals surface area contributed by atoms with Crippen molar-refractivity contribution in [2.24, 2.45) is 0 Å². The van der Waals surface area contributed by atoms with Crippen molar-refractivity contribution in [2.75, 3.05) is 6.61 Å². The molecule has 1 fully saturated rings.